The number of aryl methyl sites for hydroxylation is 1. The molecular formula is C19H10F5N3O. The Morgan fingerprint density at radius 3 is 2.29 bits per heavy atom. The summed E-state index contributed by atoms with van der Waals surface area (Å²) in [6.07, 6.45) is -4.50. The number of halogens is 5. The van der Waals surface area contributed by atoms with Gasteiger partial charge in [0.05, 0.1) is 16.8 Å². The van der Waals surface area contributed by atoms with E-state index in [0.717, 1.165) is 35.0 Å². The molecule has 1 aliphatic heterocycles. The second kappa shape index (κ2) is 6.08. The molecule has 0 spiro atoms. The van der Waals surface area contributed by atoms with Gasteiger partial charge in [0.15, 0.2) is 5.82 Å². The minimum atomic E-state index is -4.50. The van der Waals surface area contributed by atoms with E-state index in [4.69, 9.17) is 0 Å². The summed E-state index contributed by atoms with van der Waals surface area (Å²) in [6.45, 7) is 1.55. The number of carbonyl (C=O) groups is 1. The number of aliphatic imine (C=N–C) groups is 1. The molecule has 142 valence electrons. The first-order valence-corrected chi connectivity index (χ1v) is 8.03. The van der Waals surface area contributed by atoms with Crippen LogP contribution in [0, 0.1) is 18.6 Å². The van der Waals surface area contributed by atoms with Crippen LogP contribution in [-0.4, -0.2) is 21.4 Å². The molecule has 0 radical (unpaired) electrons. The Morgan fingerprint density at radius 1 is 1.00 bits per heavy atom. The van der Waals surface area contributed by atoms with E-state index in [1.165, 1.54) is 6.07 Å². The number of hydrogen-bond acceptors (Lipinski definition) is 3. The molecule has 2 heterocycles. The Kier molecular flexibility index (Phi) is 3.91. The number of aromatic nitrogens is 2. The second-order valence-corrected chi connectivity index (χ2v) is 6.16. The van der Waals surface area contributed by atoms with Crippen molar-refractivity contribution in [1.82, 2.24) is 9.78 Å². The summed E-state index contributed by atoms with van der Waals surface area (Å²) in [6, 6.07) is 6.95. The van der Waals surface area contributed by atoms with Crippen molar-refractivity contribution in [3.8, 4) is 11.1 Å². The topological polar surface area (TPSA) is 47.2 Å². The molecule has 0 fully saturated rings. The average molecular weight is 391 g/mol. The Bertz CT molecular complexity index is 1140. The highest BCUT2D eigenvalue weighted by Crippen LogP contribution is 2.38. The Balaban J connectivity index is 1.81. The van der Waals surface area contributed by atoms with Crippen molar-refractivity contribution >= 4 is 17.4 Å². The molecule has 0 bridgehead atoms. The van der Waals surface area contributed by atoms with Gasteiger partial charge >= 0.3 is 6.18 Å². The minimum Gasteiger partial charge on any atom is -0.265 e. The number of benzene rings is 2. The van der Waals surface area contributed by atoms with Crippen molar-refractivity contribution in [2.75, 3.05) is 0 Å². The third-order valence-corrected chi connectivity index (χ3v) is 4.33. The molecule has 9 heteroatoms. The summed E-state index contributed by atoms with van der Waals surface area (Å²) in [5.74, 6) is -2.20. The smallest absolute Gasteiger partial charge is 0.265 e. The first kappa shape index (κ1) is 18.0. The third kappa shape index (κ3) is 2.79. The predicted octanol–water partition coefficient (Wildman–Crippen LogP) is 4.93. The molecule has 0 saturated carbocycles. The van der Waals surface area contributed by atoms with Gasteiger partial charge in [-0.2, -0.15) is 23.0 Å². The van der Waals surface area contributed by atoms with Crippen LogP contribution in [-0.2, 0) is 6.18 Å². The van der Waals surface area contributed by atoms with Gasteiger partial charge in [-0.3, -0.25) is 4.79 Å². The predicted molar refractivity (Wildman–Crippen MR) is 90.6 cm³/mol. The molecular weight excluding hydrogens is 381 g/mol. The molecule has 0 N–H and O–H groups in total. The molecule has 0 atom stereocenters. The first-order valence-electron chi connectivity index (χ1n) is 8.03. The maximum atomic E-state index is 14.2. The van der Waals surface area contributed by atoms with Crippen molar-refractivity contribution in [3.63, 3.8) is 0 Å². The van der Waals surface area contributed by atoms with Gasteiger partial charge in [0.25, 0.3) is 5.91 Å². The van der Waals surface area contributed by atoms with Gasteiger partial charge in [0, 0.05) is 17.2 Å². The summed E-state index contributed by atoms with van der Waals surface area (Å²) in [5.41, 5.74) is -0.251. The normalized spacial score (nSPS) is 13.6. The van der Waals surface area contributed by atoms with Crippen LogP contribution in [0.3, 0.4) is 0 Å². The molecule has 0 unspecified atom stereocenters. The number of carbonyl (C=O) groups excluding carboxylic acids is 1. The Morgan fingerprint density at radius 2 is 1.68 bits per heavy atom. The highest BCUT2D eigenvalue weighted by molar-refractivity contribution is 6.48. The van der Waals surface area contributed by atoms with Crippen LogP contribution >= 0.6 is 0 Å². The SMILES string of the molecule is Cc1nn2c(c1-c1ccc(F)cc1F)N=C(c1ccc(C(F)(F)F)cc1)C2=O. The van der Waals surface area contributed by atoms with Gasteiger partial charge in [0.1, 0.15) is 17.3 Å². The van der Waals surface area contributed by atoms with Gasteiger partial charge in [-0.15, -0.1) is 0 Å². The van der Waals surface area contributed by atoms with E-state index in [2.05, 4.69) is 10.1 Å². The van der Waals surface area contributed by atoms with E-state index >= 15 is 0 Å². The van der Waals surface area contributed by atoms with E-state index in [1.807, 2.05) is 0 Å². The van der Waals surface area contributed by atoms with Crippen LogP contribution in [0.2, 0.25) is 0 Å². The first-order chi connectivity index (χ1) is 13.2. The fourth-order valence-corrected chi connectivity index (χ4v) is 3.03. The van der Waals surface area contributed by atoms with E-state index in [0.29, 0.717) is 11.8 Å². The zero-order valence-electron chi connectivity index (χ0n) is 14.2. The molecule has 0 saturated heterocycles. The van der Waals surface area contributed by atoms with E-state index in [1.54, 1.807) is 6.92 Å². The molecule has 28 heavy (non-hydrogen) atoms. The van der Waals surface area contributed by atoms with Crippen molar-refractivity contribution in [2.45, 2.75) is 13.1 Å². The van der Waals surface area contributed by atoms with Gasteiger partial charge in [-0.1, -0.05) is 12.1 Å². The molecule has 2 aromatic carbocycles. The molecule has 1 aromatic heterocycles. The van der Waals surface area contributed by atoms with Crippen LogP contribution in [0.15, 0.2) is 47.5 Å². The zero-order valence-corrected chi connectivity index (χ0v) is 14.2. The van der Waals surface area contributed by atoms with E-state index < -0.39 is 29.3 Å². The average Bonchev–Trinajstić information content (AvgIpc) is 3.10. The van der Waals surface area contributed by atoms with Crippen LogP contribution in [0.4, 0.5) is 27.8 Å². The minimum absolute atomic E-state index is 0.0189. The molecule has 0 aliphatic carbocycles. The van der Waals surface area contributed by atoms with Crippen molar-refractivity contribution in [2.24, 2.45) is 4.99 Å². The van der Waals surface area contributed by atoms with Gasteiger partial charge in [-0.05, 0) is 31.2 Å². The Labute approximate surface area is 154 Å². The highest BCUT2D eigenvalue weighted by atomic mass is 19.4. The van der Waals surface area contributed by atoms with Crippen LogP contribution in [0.5, 0.6) is 0 Å². The summed E-state index contributed by atoms with van der Waals surface area (Å²) in [7, 11) is 0. The van der Waals surface area contributed by atoms with E-state index in [-0.39, 0.29) is 28.2 Å². The van der Waals surface area contributed by atoms with Gasteiger partial charge < -0.3 is 0 Å². The number of rotatable bonds is 2. The summed E-state index contributed by atoms with van der Waals surface area (Å²) in [4.78, 5) is 16.8. The molecule has 4 rings (SSSR count). The number of fused-ring (bicyclic) bond motifs is 1. The summed E-state index contributed by atoms with van der Waals surface area (Å²) in [5, 5.41) is 4.06. The van der Waals surface area contributed by atoms with Gasteiger partial charge in [0.2, 0.25) is 0 Å². The van der Waals surface area contributed by atoms with E-state index in [9.17, 15) is 26.7 Å². The number of hydrogen-bond donors (Lipinski definition) is 0. The van der Waals surface area contributed by atoms with Gasteiger partial charge in [-0.25, -0.2) is 13.8 Å². The fraction of sp³-hybridized carbons (Fsp3) is 0.105. The fourth-order valence-electron chi connectivity index (χ4n) is 3.03. The maximum absolute atomic E-state index is 14.2. The lowest BCUT2D eigenvalue weighted by Crippen LogP contribution is -2.19. The number of alkyl halides is 3. The maximum Gasteiger partial charge on any atom is 0.416 e. The molecule has 1 aliphatic rings. The van der Waals surface area contributed by atoms with Crippen LogP contribution in [0.1, 0.15) is 21.6 Å². The third-order valence-electron chi connectivity index (χ3n) is 4.33. The lowest BCUT2D eigenvalue weighted by atomic mass is 10.0. The lowest BCUT2D eigenvalue weighted by Gasteiger charge is -2.07. The second-order valence-electron chi connectivity index (χ2n) is 6.16. The van der Waals surface area contributed by atoms with Crippen molar-refractivity contribution in [1.29, 1.82) is 0 Å². The van der Waals surface area contributed by atoms with Crippen LogP contribution in [0.25, 0.3) is 11.1 Å². The standard InChI is InChI=1S/C19H10F5N3O/c1-9-15(13-7-6-12(20)8-14(13)21)17-25-16(18(28)27(17)26-9)10-2-4-11(5-3-10)19(22,23)24/h2-8H,1H3. The highest BCUT2D eigenvalue weighted by Gasteiger charge is 2.33. The van der Waals surface area contributed by atoms with Crippen molar-refractivity contribution < 1.29 is 26.7 Å². The summed E-state index contributed by atoms with van der Waals surface area (Å²) < 4.78 is 66.5. The van der Waals surface area contributed by atoms with Crippen LogP contribution < -0.4 is 0 Å². The zero-order chi connectivity index (χ0) is 20.2. The quantitative estimate of drug-likeness (QED) is 0.582. The molecule has 4 nitrogen and oxygen atoms in total. The molecule has 0 amide bonds. The molecule has 3 aromatic rings. The monoisotopic (exact) mass is 391 g/mol. The Hall–Kier alpha value is -3.36. The van der Waals surface area contributed by atoms with Crippen molar-refractivity contribution in [3.05, 3.63) is 70.9 Å². The lowest BCUT2D eigenvalue weighted by molar-refractivity contribution is -0.137. The largest absolute Gasteiger partial charge is 0.416 e. The summed E-state index contributed by atoms with van der Waals surface area (Å²) >= 11 is 0. The number of nitrogens with zero attached hydrogens (tertiary/aromatic N) is 3.